The smallest absolute Gasteiger partial charge is 0.488 e. The minimum Gasteiger partial charge on any atom is -0.488 e. The predicted octanol–water partition coefficient (Wildman–Crippen LogP) is 6.05. The summed E-state index contributed by atoms with van der Waals surface area (Å²) >= 11 is 0.824. The summed E-state index contributed by atoms with van der Waals surface area (Å²) in [4.78, 5) is 83.0. The quantitative estimate of drug-likeness (QED) is 0.0724. The van der Waals surface area contributed by atoms with Gasteiger partial charge in [0.25, 0.3) is 0 Å². The van der Waals surface area contributed by atoms with E-state index in [1.165, 1.54) is 12.1 Å². The Labute approximate surface area is 326 Å². The van der Waals surface area contributed by atoms with Crippen LogP contribution in [-0.2, 0) is 33.0 Å². The summed E-state index contributed by atoms with van der Waals surface area (Å²) in [7, 11) is -4.80. The largest absolute Gasteiger partial charge is 0.509 e. The van der Waals surface area contributed by atoms with Crippen LogP contribution in [0, 0.1) is 6.92 Å². The second-order valence-corrected chi connectivity index (χ2v) is 18.3. The number of carboxylic acid groups (broad SMARTS) is 1. The Morgan fingerprint density at radius 1 is 0.982 bits per heavy atom. The minimum atomic E-state index is -4.80. The van der Waals surface area contributed by atoms with Gasteiger partial charge in [-0.2, -0.15) is 9.88 Å². The van der Waals surface area contributed by atoms with Crippen molar-refractivity contribution in [3.8, 4) is 11.5 Å². The first-order valence-corrected chi connectivity index (χ1v) is 19.6. The first-order chi connectivity index (χ1) is 25.6. The van der Waals surface area contributed by atoms with Gasteiger partial charge in [-0.1, -0.05) is 10.7 Å². The number of benzene rings is 1. The number of imide groups is 1. The van der Waals surface area contributed by atoms with Gasteiger partial charge < -0.3 is 38.6 Å². The monoisotopic (exact) mass is 834 g/mol. The van der Waals surface area contributed by atoms with Crippen LogP contribution in [0.25, 0.3) is 0 Å². The Bertz CT molecular complexity index is 1850. The average Bonchev–Trinajstić information content (AvgIpc) is 3.30. The van der Waals surface area contributed by atoms with E-state index in [1.54, 1.807) is 75.3 Å². The molecule has 0 aliphatic carbocycles. The molecule has 22 heteroatoms. The van der Waals surface area contributed by atoms with E-state index in [2.05, 4.69) is 9.66 Å². The molecule has 56 heavy (non-hydrogen) atoms. The molecule has 1 fully saturated rings. The van der Waals surface area contributed by atoms with Crippen molar-refractivity contribution >= 4 is 49.6 Å². The van der Waals surface area contributed by atoms with E-state index >= 15 is 4.39 Å². The van der Waals surface area contributed by atoms with E-state index in [0.717, 1.165) is 35.5 Å². The van der Waals surface area contributed by atoms with Crippen molar-refractivity contribution in [1.29, 1.82) is 0 Å². The topological polar surface area (TPSA) is 241 Å². The van der Waals surface area contributed by atoms with Crippen molar-refractivity contribution in [2.45, 2.75) is 122 Å². The molecular weight excluding hydrogens is 786 g/mol. The Hall–Kier alpha value is -4.43. The normalized spacial score (nSPS) is 20.2. The van der Waals surface area contributed by atoms with Gasteiger partial charge in [-0.25, -0.2) is 33.2 Å². The summed E-state index contributed by atoms with van der Waals surface area (Å²) < 4.78 is 61.6. The number of hydrogen-bond donors (Lipinski definition) is 3. The number of aliphatic carboxylic acids is 1. The van der Waals surface area contributed by atoms with Crippen LogP contribution < -0.4 is 25.3 Å². The highest BCUT2D eigenvalue weighted by Crippen LogP contribution is 2.46. The SMILES string of the molecule is Cc1ccc(OOP(=O)(O)NC(C)C(=O)O)c(OC[C@H]2S[C@@H](n3ccc(N(C(=O)OC(C)(C)C)C(=O)OC(C)(C)C)nc3=O)[C@@H](F)[C@@H]2OC(=O)OC(C)(C)C)c1. The van der Waals surface area contributed by atoms with Gasteiger partial charge in [-0.05, 0) is 99.9 Å². The number of anilines is 1. The number of carbonyl (C=O) groups is 4. The molecule has 0 saturated carbocycles. The number of thioether (sulfide) groups is 1. The second-order valence-electron chi connectivity index (χ2n) is 15.5. The summed E-state index contributed by atoms with van der Waals surface area (Å²) in [6.07, 6.45) is -6.15. The third kappa shape index (κ3) is 13.6. The molecular formula is C34H48FN4O15PS. The van der Waals surface area contributed by atoms with E-state index in [0.29, 0.717) is 10.5 Å². The molecule has 2 amide bonds. The summed E-state index contributed by atoms with van der Waals surface area (Å²) in [5, 5.41) is 8.47. The number of rotatable bonds is 12. The molecule has 19 nitrogen and oxygen atoms in total. The molecule has 0 bridgehead atoms. The number of amides is 2. The first kappa shape index (κ1) is 46.0. The number of hydrogen-bond acceptors (Lipinski definition) is 15. The van der Waals surface area contributed by atoms with Crippen LogP contribution in [0.4, 0.5) is 24.6 Å². The van der Waals surface area contributed by atoms with Crippen molar-refractivity contribution in [1.82, 2.24) is 14.6 Å². The fourth-order valence-corrected chi connectivity index (χ4v) is 6.84. The molecule has 312 valence electrons. The molecule has 1 aliphatic heterocycles. The minimum absolute atomic E-state index is 0.0701. The molecule has 1 aromatic carbocycles. The number of nitrogens with one attached hydrogen (secondary N) is 1. The molecule has 3 rings (SSSR count). The van der Waals surface area contributed by atoms with Gasteiger partial charge in [0.05, 0.1) is 5.25 Å². The van der Waals surface area contributed by atoms with Crippen LogP contribution in [-0.4, -0.2) is 90.8 Å². The van der Waals surface area contributed by atoms with Crippen molar-refractivity contribution < 1.29 is 71.4 Å². The van der Waals surface area contributed by atoms with Gasteiger partial charge in [0.15, 0.2) is 23.8 Å². The lowest BCUT2D eigenvalue weighted by Gasteiger charge is -2.28. The Kier molecular flexibility index (Phi) is 14.6. The molecule has 3 N–H and O–H groups in total. The van der Waals surface area contributed by atoms with Gasteiger partial charge in [-0.3, -0.25) is 9.36 Å². The van der Waals surface area contributed by atoms with Crippen LogP contribution in [0.15, 0.2) is 35.3 Å². The van der Waals surface area contributed by atoms with Crippen LogP contribution in [0.5, 0.6) is 11.5 Å². The summed E-state index contributed by atoms with van der Waals surface area (Å²) in [6.45, 7) is 16.5. The van der Waals surface area contributed by atoms with Gasteiger partial charge >= 0.3 is 37.7 Å². The molecule has 2 heterocycles. The van der Waals surface area contributed by atoms with Crippen LogP contribution in [0.1, 0.15) is 80.2 Å². The molecule has 2 aromatic rings. The van der Waals surface area contributed by atoms with Crippen molar-refractivity contribution in [3.63, 3.8) is 0 Å². The molecule has 1 aliphatic rings. The van der Waals surface area contributed by atoms with E-state index in [9.17, 15) is 33.4 Å². The Morgan fingerprint density at radius 3 is 2.07 bits per heavy atom. The van der Waals surface area contributed by atoms with Gasteiger partial charge in [0.2, 0.25) is 5.75 Å². The molecule has 2 unspecified atom stereocenters. The zero-order chi connectivity index (χ0) is 42.6. The lowest BCUT2D eigenvalue weighted by molar-refractivity contribution is -0.139. The van der Waals surface area contributed by atoms with E-state index in [4.69, 9.17) is 33.7 Å². The van der Waals surface area contributed by atoms with Crippen LogP contribution in [0.2, 0.25) is 0 Å². The summed E-state index contributed by atoms with van der Waals surface area (Å²) in [5.41, 5.74) is -3.58. The van der Waals surface area contributed by atoms with Crippen LogP contribution in [0.3, 0.4) is 0 Å². The molecule has 0 radical (unpaired) electrons. The number of ether oxygens (including phenoxy) is 5. The van der Waals surface area contributed by atoms with Crippen molar-refractivity contribution in [3.05, 3.63) is 46.5 Å². The van der Waals surface area contributed by atoms with E-state index in [1.807, 2.05) is 5.09 Å². The zero-order valence-corrected chi connectivity index (χ0v) is 34.5. The maximum absolute atomic E-state index is 16.4. The Balaban J connectivity index is 1.95. The number of carbonyl (C=O) groups excluding carboxylic acids is 3. The van der Waals surface area contributed by atoms with E-state index in [-0.39, 0.29) is 11.5 Å². The number of nitrogens with zero attached hydrogens (tertiary/aromatic N) is 3. The molecule has 6 atom stereocenters. The second kappa shape index (κ2) is 17.8. The van der Waals surface area contributed by atoms with Gasteiger partial charge in [0.1, 0.15) is 34.8 Å². The number of halogens is 1. The zero-order valence-electron chi connectivity index (χ0n) is 32.8. The number of aryl methyl sites for hydroxylation is 1. The lowest BCUT2D eigenvalue weighted by Crippen LogP contribution is -2.45. The average molecular weight is 835 g/mol. The predicted molar refractivity (Wildman–Crippen MR) is 198 cm³/mol. The third-order valence-electron chi connectivity index (χ3n) is 6.82. The van der Waals surface area contributed by atoms with E-state index < -0.39 is 95.9 Å². The standard InChI is InChI=1S/C34H48FN4O15PS/c1-18-12-13-20(53-54-55(46,47)37-19(2)27(40)41)21(16-18)48-17-22-25(49-31(45)52-34(9,10)11)24(35)26(56-22)38-15-14-23(36-28(38)42)39(29(43)50-32(3,4)5)30(44)51-33(6,7)8/h12-16,19,22,24-26H,17H2,1-11H3,(H,40,41)(H2,37,46,47)/t19?,22-,24+,25-,26-/m1/s1. The number of alkyl halides is 1. The fraction of sp³-hybridized carbons (Fsp3) is 0.588. The highest BCUT2D eigenvalue weighted by Gasteiger charge is 2.50. The van der Waals surface area contributed by atoms with Crippen molar-refractivity contribution in [2.75, 3.05) is 11.5 Å². The fourth-order valence-electron chi connectivity index (χ4n) is 4.56. The van der Waals surface area contributed by atoms with Crippen LogP contribution >= 0.6 is 19.5 Å². The first-order valence-electron chi connectivity index (χ1n) is 17.0. The summed E-state index contributed by atoms with van der Waals surface area (Å²) in [6, 6.07) is 3.96. The van der Waals surface area contributed by atoms with Gasteiger partial charge in [0, 0.05) is 6.20 Å². The highest BCUT2D eigenvalue weighted by molar-refractivity contribution is 8.00. The maximum atomic E-state index is 16.4. The molecule has 0 spiro atoms. The molecule has 1 aromatic heterocycles. The molecule has 1 saturated heterocycles. The maximum Gasteiger partial charge on any atom is 0.509 e. The number of aromatic nitrogens is 2. The van der Waals surface area contributed by atoms with Gasteiger partial charge in [-0.15, -0.1) is 11.8 Å². The summed E-state index contributed by atoms with van der Waals surface area (Å²) in [5.74, 6) is -2.20. The number of carboxylic acids is 1. The van der Waals surface area contributed by atoms with Crippen molar-refractivity contribution in [2.24, 2.45) is 0 Å². The lowest BCUT2D eigenvalue weighted by atomic mass is 10.1. The third-order valence-corrected chi connectivity index (χ3v) is 9.33. The highest BCUT2D eigenvalue weighted by atomic mass is 32.2. The Morgan fingerprint density at radius 2 is 1.55 bits per heavy atom.